The van der Waals surface area contributed by atoms with Crippen molar-refractivity contribution in [1.29, 1.82) is 0 Å². The average Bonchev–Trinajstić information content (AvgIpc) is 2.65. The molecular formula is C15H13F13O2Si. The summed E-state index contributed by atoms with van der Waals surface area (Å²) in [6, 6.07) is 1.42. The van der Waals surface area contributed by atoms with Crippen LogP contribution in [-0.2, 0) is 14.8 Å². The zero-order valence-electron chi connectivity index (χ0n) is 15.5. The molecule has 1 aromatic rings. The Hall–Kier alpha value is -1.55. The molecule has 0 atom stereocenters. The van der Waals surface area contributed by atoms with Crippen molar-refractivity contribution >= 4 is 13.7 Å². The Labute approximate surface area is 167 Å². The van der Waals surface area contributed by atoms with Crippen molar-refractivity contribution in [3.05, 3.63) is 29.8 Å². The Morgan fingerprint density at radius 1 is 0.581 bits per heavy atom. The first-order valence-electron chi connectivity index (χ1n) is 7.75. The molecule has 1 aromatic carbocycles. The van der Waals surface area contributed by atoms with Crippen LogP contribution in [0.15, 0.2) is 24.3 Å². The molecule has 0 aliphatic heterocycles. The van der Waals surface area contributed by atoms with E-state index in [1.807, 2.05) is 0 Å². The van der Waals surface area contributed by atoms with E-state index in [0.717, 1.165) is 14.2 Å². The Bertz CT molecular complexity index is 770. The Kier molecular flexibility index (Phi) is 6.91. The fraction of sp³-hybridized carbons (Fsp3) is 0.600. The van der Waals surface area contributed by atoms with Gasteiger partial charge in [0.25, 0.3) is 0 Å². The van der Waals surface area contributed by atoms with Crippen LogP contribution < -0.4 is 5.19 Å². The number of halogens is 13. The molecule has 0 saturated carbocycles. The van der Waals surface area contributed by atoms with Gasteiger partial charge in [-0.1, -0.05) is 24.3 Å². The lowest BCUT2D eigenvalue weighted by molar-refractivity contribution is -0.441. The fourth-order valence-corrected chi connectivity index (χ4v) is 3.66. The van der Waals surface area contributed by atoms with Gasteiger partial charge in [0, 0.05) is 19.8 Å². The van der Waals surface area contributed by atoms with Crippen LogP contribution in [0.25, 0.3) is 0 Å². The van der Waals surface area contributed by atoms with E-state index in [-0.39, 0.29) is 17.3 Å². The highest BCUT2D eigenvalue weighted by Gasteiger charge is 2.90. The quantitative estimate of drug-likeness (QED) is 0.349. The van der Waals surface area contributed by atoms with E-state index in [0.29, 0.717) is 12.1 Å². The molecule has 0 amide bonds. The van der Waals surface area contributed by atoms with Crippen molar-refractivity contribution in [3.8, 4) is 0 Å². The monoisotopic (exact) mass is 500 g/mol. The number of hydrogen-bond acceptors (Lipinski definition) is 2. The second kappa shape index (κ2) is 7.79. The van der Waals surface area contributed by atoms with E-state index in [1.165, 1.54) is 6.55 Å². The van der Waals surface area contributed by atoms with Gasteiger partial charge in [-0.25, -0.2) is 0 Å². The van der Waals surface area contributed by atoms with Gasteiger partial charge in [-0.05, 0) is 11.7 Å². The summed E-state index contributed by atoms with van der Waals surface area (Å²) in [4.78, 5) is 0. The molecule has 0 bridgehead atoms. The van der Waals surface area contributed by atoms with Gasteiger partial charge in [0.2, 0.25) is 0 Å². The highest BCUT2D eigenvalue weighted by Crippen LogP contribution is 2.61. The molecule has 0 saturated heterocycles. The molecule has 0 aliphatic carbocycles. The van der Waals surface area contributed by atoms with Gasteiger partial charge in [-0.15, -0.1) is 0 Å². The number of hydrogen-bond donors (Lipinski definition) is 0. The van der Waals surface area contributed by atoms with Crippen molar-refractivity contribution < 1.29 is 65.9 Å². The van der Waals surface area contributed by atoms with Crippen LogP contribution in [0.1, 0.15) is 5.56 Å². The molecule has 16 heteroatoms. The summed E-state index contributed by atoms with van der Waals surface area (Å²) in [5.74, 6) is -37.2. The van der Waals surface area contributed by atoms with Crippen LogP contribution in [0.3, 0.4) is 0 Å². The lowest BCUT2D eigenvalue weighted by atomic mass is 9.90. The molecule has 0 spiro atoms. The van der Waals surface area contributed by atoms with E-state index in [4.69, 9.17) is 8.85 Å². The maximum atomic E-state index is 14.1. The summed E-state index contributed by atoms with van der Waals surface area (Å²) in [6.07, 6.45) is -7.44. The topological polar surface area (TPSA) is 18.5 Å². The zero-order chi connectivity index (χ0) is 24.9. The van der Waals surface area contributed by atoms with E-state index in [1.54, 1.807) is 0 Å². The molecule has 1 rings (SSSR count). The number of alkyl halides is 13. The van der Waals surface area contributed by atoms with Crippen LogP contribution >= 0.6 is 0 Å². The summed E-state index contributed by atoms with van der Waals surface area (Å²) >= 11 is 0. The summed E-state index contributed by atoms with van der Waals surface area (Å²) in [7, 11) is -0.969. The van der Waals surface area contributed by atoms with Gasteiger partial charge < -0.3 is 8.85 Å². The zero-order valence-corrected chi connectivity index (χ0v) is 16.5. The normalized spacial score (nSPS) is 15.4. The van der Waals surface area contributed by atoms with Gasteiger partial charge >= 0.3 is 44.3 Å². The van der Waals surface area contributed by atoms with Crippen LogP contribution in [0.4, 0.5) is 57.1 Å². The number of benzene rings is 1. The molecule has 0 unspecified atom stereocenters. The first-order chi connectivity index (χ1) is 13.6. The standard InChI is InChI=1S/C15H13F13O2Si/c1-29-31(3,30-2)9-6-4-8(5-7-9)10(16,17)11(18,19)12(20,21)13(22,23)14(24,25)15(26,27)28/h4-7H,1-3H3. The fourth-order valence-electron chi connectivity index (χ4n) is 2.25. The molecule has 0 heterocycles. The Morgan fingerprint density at radius 3 is 1.26 bits per heavy atom. The predicted molar refractivity (Wildman–Crippen MR) is 81.4 cm³/mol. The highest BCUT2D eigenvalue weighted by atomic mass is 28.4. The van der Waals surface area contributed by atoms with E-state index in [9.17, 15) is 57.1 Å². The molecule has 0 aromatic heterocycles. The summed E-state index contributed by atoms with van der Waals surface area (Å²) < 4.78 is 181. The average molecular weight is 500 g/mol. The predicted octanol–water partition coefficient (Wildman–Crippen LogP) is 5.45. The SMILES string of the molecule is CO[Si](C)(OC)c1ccc(C(F)(F)C(F)(F)C(F)(F)C(F)(F)C(F)(F)C(F)(F)F)cc1. The first kappa shape index (κ1) is 27.5. The molecule has 0 fully saturated rings. The van der Waals surface area contributed by atoms with Crippen LogP contribution in [0.2, 0.25) is 6.55 Å². The third-order valence-corrected chi connectivity index (χ3v) is 7.42. The molecular weight excluding hydrogens is 487 g/mol. The van der Waals surface area contributed by atoms with Gasteiger partial charge in [0.05, 0.1) is 0 Å². The van der Waals surface area contributed by atoms with Crippen molar-refractivity contribution in [2.75, 3.05) is 14.2 Å². The second-order valence-corrected chi connectivity index (χ2v) is 9.59. The van der Waals surface area contributed by atoms with Crippen molar-refractivity contribution in [3.63, 3.8) is 0 Å². The van der Waals surface area contributed by atoms with Crippen LogP contribution in [0, 0.1) is 0 Å². The highest BCUT2D eigenvalue weighted by molar-refractivity contribution is 6.79. The van der Waals surface area contributed by atoms with Crippen molar-refractivity contribution in [1.82, 2.24) is 0 Å². The maximum absolute atomic E-state index is 14.1. The van der Waals surface area contributed by atoms with Crippen LogP contribution in [0.5, 0.6) is 0 Å². The Balaban J connectivity index is 3.54. The van der Waals surface area contributed by atoms with Gasteiger partial charge in [0.15, 0.2) is 0 Å². The first-order valence-corrected chi connectivity index (χ1v) is 10.1. The van der Waals surface area contributed by atoms with E-state index >= 15 is 0 Å². The number of rotatable bonds is 8. The minimum atomic E-state index is -7.93. The molecule has 0 radical (unpaired) electrons. The van der Waals surface area contributed by atoms with E-state index in [2.05, 4.69) is 0 Å². The molecule has 0 N–H and O–H groups in total. The summed E-state index contributed by atoms with van der Waals surface area (Å²) in [5, 5.41) is -0.0129. The van der Waals surface area contributed by atoms with Crippen LogP contribution in [-0.4, -0.2) is 52.6 Å². The summed E-state index contributed by atoms with van der Waals surface area (Å²) in [5.41, 5.74) is -2.06. The van der Waals surface area contributed by atoms with E-state index < -0.39 is 49.9 Å². The van der Waals surface area contributed by atoms with Crippen molar-refractivity contribution in [2.24, 2.45) is 0 Å². The van der Waals surface area contributed by atoms with Crippen molar-refractivity contribution in [2.45, 2.75) is 42.3 Å². The van der Waals surface area contributed by atoms with Gasteiger partial charge in [-0.2, -0.15) is 57.1 Å². The Morgan fingerprint density at radius 2 is 0.935 bits per heavy atom. The smallest absolute Gasteiger partial charge is 0.394 e. The molecule has 180 valence electrons. The minimum Gasteiger partial charge on any atom is -0.394 e. The van der Waals surface area contributed by atoms with Gasteiger partial charge in [0.1, 0.15) is 0 Å². The summed E-state index contributed by atoms with van der Waals surface area (Å²) in [6.45, 7) is 1.35. The molecule has 2 nitrogen and oxygen atoms in total. The largest absolute Gasteiger partial charge is 0.460 e. The maximum Gasteiger partial charge on any atom is 0.460 e. The third kappa shape index (κ3) is 3.90. The molecule has 31 heavy (non-hydrogen) atoms. The van der Waals surface area contributed by atoms with Gasteiger partial charge in [-0.3, -0.25) is 0 Å². The third-order valence-electron chi connectivity index (χ3n) is 4.48. The minimum absolute atomic E-state index is 0.0129. The lowest BCUT2D eigenvalue weighted by Crippen LogP contribution is -2.69. The molecule has 0 aliphatic rings. The second-order valence-electron chi connectivity index (χ2n) is 6.30. The lowest BCUT2D eigenvalue weighted by Gasteiger charge is -2.39.